The standard InChI is InChI=1S/C13H16N2O4/c1-12(2)8-11(16)14(13(12,3)17)9-4-6-10(7-5-9)15(18)19/h4-7,17H,8H2,1-3H3. The molecule has 1 aliphatic heterocycles. The van der Waals surface area contributed by atoms with E-state index in [2.05, 4.69) is 0 Å². The Labute approximate surface area is 110 Å². The van der Waals surface area contributed by atoms with E-state index < -0.39 is 16.1 Å². The van der Waals surface area contributed by atoms with Crippen molar-refractivity contribution < 1.29 is 14.8 Å². The Balaban J connectivity index is 2.41. The van der Waals surface area contributed by atoms with Crippen LogP contribution in [0, 0.1) is 15.5 Å². The first-order chi connectivity index (χ1) is 8.67. The summed E-state index contributed by atoms with van der Waals surface area (Å²) in [6.07, 6.45) is 0.233. The molecule has 1 saturated heterocycles. The molecule has 1 heterocycles. The first-order valence-electron chi connectivity index (χ1n) is 5.97. The summed E-state index contributed by atoms with van der Waals surface area (Å²) in [5.41, 5.74) is -1.48. The summed E-state index contributed by atoms with van der Waals surface area (Å²) in [6, 6.07) is 5.60. The van der Waals surface area contributed by atoms with E-state index in [1.165, 1.54) is 29.2 Å². The van der Waals surface area contributed by atoms with Gasteiger partial charge in [-0.3, -0.25) is 19.8 Å². The van der Waals surface area contributed by atoms with E-state index in [1.807, 2.05) is 13.8 Å². The predicted octanol–water partition coefficient (Wildman–Crippen LogP) is 2.07. The fourth-order valence-electron chi connectivity index (χ4n) is 2.29. The Hall–Kier alpha value is -1.95. The van der Waals surface area contributed by atoms with Crippen molar-refractivity contribution in [1.82, 2.24) is 0 Å². The van der Waals surface area contributed by atoms with Gasteiger partial charge in [-0.15, -0.1) is 0 Å². The van der Waals surface area contributed by atoms with Gasteiger partial charge in [0, 0.05) is 29.7 Å². The van der Waals surface area contributed by atoms with E-state index in [4.69, 9.17) is 0 Å². The number of hydrogen-bond donors (Lipinski definition) is 1. The molecule has 1 fully saturated rings. The molecule has 0 aliphatic carbocycles. The third-order valence-electron chi connectivity index (χ3n) is 3.88. The SMILES string of the molecule is CC1(C)CC(=O)N(c2ccc([N+](=O)[O-])cc2)C1(C)O. The van der Waals surface area contributed by atoms with Crippen molar-refractivity contribution in [2.24, 2.45) is 5.41 Å². The lowest BCUT2D eigenvalue weighted by molar-refractivity contribution is -0.384. The highest BCUT2D eigenvalue weighted by molar-refractivity contribution is 5.97. The third kappa shape index (κ3) is 1.98. The molecular weight excluding hydrogens is 248 g/mol. The van der Waals surface area contributed by atoms with Crippen molar-refractivity contribution >= 4 is 17.3 Å². The van der Waals surface area contributed by atoms with Crippen molar-refractivity contribution in [3.63, 3.8) is 0 Å². The summed E-state index contributed by atoms with van der Waals surface area (Å²) in [4.78, 5) is 23.5. The lowest BCUT2D eigenvalue weighted by Gasteiger charge is -2.38. The number of amides is 1. The molecule has 1 unspecified atom stereocenters. The van der Waals surface area contributed by atoms with E-state index in [1.54, 1.807) is 6.92 Å². The number of nitro groups is 1. The first-order valence-corrected chi connectivity index (χ1v) is 5.97. The minimum absolute atomic E-state index is 0.0469. The molecule has 0 bridgehead atoms. The molecule has 0 radical (unpaired) electrons. The lowest BCUT2D eigenvalue weighted by atomic mass is 9.82. The van der Waals surface area contributed by atoms with Crippen molar-refractivity contribution in [3.05, 3.63) is 34.4 Å². The Bertz CT molecular complexity index is 534. The molecule has 0 aromatic heterocycles. The number of carbonyl (C=O) groups is 1. The van der Waals surface area contributed by atoms with Crippen LogP contribution in [0.25, 0.3) is 0 Å². The fourth-order valence-corrected chi connectivity index (χ4v) is 2.29. The summed E-state index contributed by atoms with van der Waals surface area (Å²) >= 11 is 0. The van der Waals surface area contributed by atoms with Crippen molar-refractivity contribution in [2.45, 2.75) is 32.9 Å². The minimum Gasteiger partial charge on any atom is -0.370 e. The molecule has 1 aliphatic rings. The largest absolute Gasteiger partial charge is 0.370 e. The van der Waals surface area contributed by atoms with E-state index in [0.717, 1.165) is 0 Å². The van der Waals surface area contributed by atoms with Crippen LogP contribution in [0.1, 0.15) is 27.2 Å². The molecule has 1 aromatic carbocycles. The van der Waals surface area contributed by atoms with Crippen LogP contribution >= 0.6 is 0 Å². The zero-order valence-electron chi connectivity index (χ0n) is 11.1. The maximum Gasteiger partial charge on any atom is 0.269 e. The van der Waals surface area contributed by atoms with Crippen LogP contribution in [-0.4, -0.2) is 21.7 Å². The van der Waals surface area contributed by atoms with Gasteiger partial charge in [-0.05, 0) is 19.1 Å². The molecule has 0 spiro atoms. The number of aliphatic hydroxyl groups is 1. The van der Waals surface area contributed by atoms with Gasteiger partial charge >= 0.3 is 0 Å². The monoisotopic (exact) mass is 264 g/mol. The van der Waals surface area contributed by atoms with Crippen molar-refractivity contribution in [3.8, 4) is 0 Å². The van der Waals surface area contributed by atoms with Gasteiger partial charge in [0.2, 0.25) is 5.91 Å². The average Bonchev–Trinajstić information content (AvgIpc) is 2.43. The molecule has 102 valence electrons. The third-order valence-corrected chi connectivity index (χ3v) is 3.88. The van der Waals surface area contributed by atoms with Crippen LogP contribution in [0.15, 0.2) is 24.3 Å². The molecule has 1 amide bonds. The Morgan fingerprint density at radius 3 is 2.16 bits per heavy atom. The van der Waals surface area contributed by atoms with E-state index in [9.17, 15) is 20.0 Å². The molecule has 1 N–H and O–H groups in total. The van der Waals surface area contributed by atoms with Gasteiger partial charge in [0.1, 0.15) is 5.72 Å². The lowest BCUT2D eigenvalue weighted by Crippen LogP contribution is -2.50. The van der Waals surface area contributed by atoms with Crippen LogP contribution in [-0.2, 0) is 4.79 Å². The summed E-state index contributed by atoms with van der Waals surface area (Å²) < 4.78 is 0. The smallest absolute Gasteiger partial charge is 0.269 e. The molecule has 0 saturated carbocycles. The number of anilines is 1. The molecule has 6 nitrogen and oxygen atoms in total. The number of benzene rings is 1. The molecule has 1 aromatic rings. The maximum atomic E-state index is 12.1. The quantitative estimate of drug-likeness (QED) is 0.654. The minimum atomic E-state index is -1.32. The highest BCUT2D eigenvalue weighted by Crippen LogP contribution is 2.46. The van der Waals surface area contributed by atoms with Crippen LogP contribution in [0.2, 0.25) is 0 Å². The summed E-state index contributed by atoms with van der Waals surface area (Å²) in [5.74, 6) is -0.191. The Kier molecular flexibility index (Phi) is 2.86. The summed E-state index contributed by atoms with van der Waals surface area (Å²) in [7, 11) is 0. The molecular formula is C13H16N2O4. The maximum absolute atomic E-state index is 12.1. The normalized spacial score (nSPS) is 25.7. The summed E-state index contributed by atoms with van der Waals surface area (Å²) in [5, 5.41) is 21.2. The number of nitrogens with zero attached hydrogens (tertiary/aromatic N) is 2. The molecule has 19 heavy (non-hydrogen) atoms. The fraction of sp³-hybridized carbons (Fsp3) is 0.462. The van der Waals surface area contributed by atoms with E-state index in [-0.39, 0.29) is 18.0 Å². The first kappa shape index (κ1) is 13.5. The number of nitro benzene ring substituents is 1. The van der Waals surface area contributed by atoms with Crippen LogP contribution in [0.4, 0.5) is 11.4 Å². The average molecular weight is 264 g/mol. The Morgan fingerprint density at radius 1 is 1.26 bits per heavy atom. The van der Waals surface area contributed by atoms with Gasteiger partial charge in [-0.1, -0.05) is 13.8 Å². The number of rotatable bonds is 2. The topological polar surface area (TPSA) is 83.7 Å². The second kappa shape index (κ2) is 4.03. The summed E-state index contributed by atoms with van der Waals surface area (Å²) in [6.45, 7) is 5.21. The highest BCUT2D eigenvalue weighted by Gasteiger charge is 2.54. The zero-order chi connectivity index (χ0) is 14.4. The van der Waals surface area contributed by atoms with Crippen LogP contribution in [0.3, 0.4) is 0 Å². The van der Waals surface area contributed by atoms with Gasteiger partial charge < -0.3 is 5.11 Å². The van der Waals surface area contributed by atoms with Gasteiger partial charge in [0.25, 0.3) is 5.69 Å². The van der Waals surface area contributed by atoms with Crippen molar-refractivity contribution in [1.29, 1.82) is 0 Å². The molecule has 1 atom stereocenters. The van der Waals surface area contributed by atoms with Gasteiger partial charge in [0.15, 0.2) is 0 Å². The van der Waals surface area contributed by atoms with Crippen LogP contribution in [0.5, 0.6) is 0 Å². The predicted molar refractivity (Wildman–Crippen MR) is 69.6 cm³/mol. The second-order valence-corrected chi connectivity index (χ2v) is 5.58. The van der Waals surface area contributed by atoms with Crippen LogP contribution < -0.4 is 4.90 Å². The second-order valence-electron chi connectivity index (χ2n) is 5.58. The number of carbonyl (C=O) groups excluding carboxylic acids is 1. The molecule has 6 heteroatoms. The number of non-ortho nitro benzene ring substituents is 1. The number of hydrogen-bond acceptors (Lipinski definition) is 4. The van der Waals surface area contributed by atoms with Gasteiger partial charge in [-0.2, -0.15) is 0 Å². The van der Waals surface area contributed by atoms with Gasteiger partial charge in [0.05, 0.1) is 4.92 Å². The van der Waals surface area contributed by atoms with Crippen molar-refractivity contribution in [2.75, 3.05) is 4.90 Å². The van der Waals surface area contributed by atoms with Gasteiger partial charge in [-0.25, -0.2) is 0 Å². The molecule has 2 rings (SSSR count). The zero-order valence-corrected chi connectivity index (χ0v) is 11.1. The van der Waals surface area contributed by atoms with E-state index >= 15 is 0 Å². The Morgan fingerprint density at radius 2 is 1.79 bits per heavy atom. The highest BCUT2D eigenvalue weighted by atomic mass is 16.6. The van der Waals surface area contributed by atoms with E-state index in [0.29, 0.717) is 5.69 Å².